The van der Waals surface area contributed by atoms with Crippen LogP contribution in [0, 0.1) is 6.92 Å². The van der Waals surface area contributed by atoms with Gasteiger partial charge in [-0.3, -0.25) is 0 Å². The number of ether oxygens (including phenoxy) is 1. The lowest BCUT2D eigenvalue weighted by atomic mass is 10.1. The fourth-order valence-electron chi connectivity index (χ4n) is 2.28. The highest BCUT2D eigenvalue weighted by atomic mass is 16.5. The zero-order valence-electron chi connectivity index (χ0n) is 13.6. The zero-order valence-corrected chi connectivity index (χ0v) is 13.6. The molecule has 0 unspecified atom stereocenters. The minimum Gasteiger partial charge on any atom is -0.494 e. The van der Waals surface area contributed by atoms with Gasteiger partial charge in [0.25, 0.3) is 0 Å². The van der Waals surface area contributed by atoms with E-state index in [0.717, 1.165) is 30.9 Å². The summed E-state index contributed by atoms with van der Waals surface area (Å²) in [5.41, 5.74) is 3.81. The number of hydrogen-bond donors (Lipinski definition) is 2. The Hall–Kier alpha value is -2.33. The first-order chi connectivity index (χ1) is 11.1. The van der Waals surface area contributed by atoms with Crippen molar-refractivity contribution in [3.05, 3.63) is 64.7 Å². The largest absolute Gasteiger partial charge is 0.494 e. The molecule has 4 nitrogen and oxygen atoms in total. The van der Waals surface area contributed by atoms with Crippen molar-refractivity contribution < 1.29 is 14.6 Å². The van der Waals surface area contributed by atoms with Crippen LogP contribution in [0.15, 0.2) is 42.5 Å². The van der Waals surface area contributed by atoms with E-state index in [1.54, 1.807) is 12.1 Å². The zero-order chi connectivity index (χ0) is 16.7. The molecule has 0 aliphatic heterocycles. The molecule has 2 N–H and O–H groups in total. The lowest BCUT2D eigenvalue weighted by molar-refractivity contribution is 0.0697. The SMILES string of the molecule is CCCOc1ccc(CNCc2ccc(C(=O)O)cc2)c(C)c1. The fourth-order valence-corrected chi connectivity index (χ4v) is 2.28. The Bertz CT molecular complexity index is 650. The summed E-state index contributed by atoms with van der Waals surface area (Å²) in [5, 5.41) is 12.3. The number of nitrogens with one attached hydrogen (secondary N) is 1. The van der Waals surface area contributed by atoms with Gasteiger partial charge < -0.3 is 15.2 Å². The van der Waals surface area contributed by atoms with E-state index >= 15 is 0 Å². The molecule has 0 spiro atoms. The second kappa shape index (κ2) is 8.34. The van der Waals surface area contributed by atoms with Crippen LogP contribution in [0.25, 0.3) is 0 Å². The third-order valence-electron chi connectivity index (χ3n) is 3.63. The Labute approximate surface area is 137 Å². The number of benzene rings is 2. The Morgan fingerprint density at radius 2 is 1.87 bits per heavy atom. The Morgan fingerprint density at radius 1 is 1.13 bits per heavy atom. The van der Waals surface area contributed by atoms with Crippen molar-refractivity contribution in [2.45, 2.75) is 33.4 Å². The molecular formula is C19H23NO3. The molecule has 0 aliphatic carbocycles. The van der Waals surface area contributed by atoms with Gasteiger partial charge in [-0.15, -0.1) is 0 Å². The lowest BCUT2D eigenvalue weighted by Gasteiger charge is -2.11. The van der Waals surface area contributed by atoms with E-state index in [2.05, 4.69) is 31.3 Å². The molecule has 4 heteroatoms. The van der Waals surface area contributed by atoms with Crippen LogP contribution in [0.2, 0.25) is 0 Å². The minimum absolute atomic E-state index is 0.312. The van der Waals surface area contributed by atoms with E-state index in [0.29, 0.717) is 12.1 Å². The maximum atomic E-state index is 10.8. The number of rotatable bonds is 8. The molecule has 0 radical (unpaired) electrons. The molecule has 0 atom stereocenters. The number of carboxylic acids is 1. The summed E-state index contributed by atoms with van der Waals surface area (Å²) in [6, 6.07) is 13.1. The first kappa shape index (κ1) is 17.0. The lowest BCUT2D eigenvalue weighted by Crippen LogP contribution is -2.13. The molecule has 0 heterocycles. The van der Waals surface area contributed by atoms with Crippen LogP contribution in [0.3, 0.4) is 0 Å². The quantitative estimate of drug-likeness (QED) is 0.779. The first-order valence-electron chi connectivity index (χ1n) is 7.85. The van der Waals surface area contributed by atoms with Crippen LogP contribution in [0.5, 0.6) is 5.75 Å². The van der Waals surface area contributed by atoms with Gasteiger partial charge in [-0.05, 0) is 54.3 Å². The minimum atomic E-state index is -0.898. The highest BCUT2D eigenvalue weighted by Crippen LogP contribution is 2.17. The Kier molecular flexibility index (Phi) is 6.18. The number of aryl methyl sites for hydroxylation is 1. The third kappa shape index (κ3) is 5.11. The predicted octanol–water partition coefficient (Wildman–Crippen LogP) is 3.77. The van der Waals surface area contributed by atoms with E-state index in [1.807, 2.05) is 18.2 Å². The summed E-state index contributed by atoms with van der Waals surface area (Å²) in [4.78, 5) is 10.8. The summed E-state index contributed by atoms with van der Waals surface area (Å²) in [7, 11) is 0. The van der Waals surface area contributed by atoms with Crippen molar-refractivity contribution in [2.24, 2.45) is 0 Å². The molecule has 0 amide bonds. The molecule has 0 saturated carbocycles. The molecule has 2 aromatic carbocycles. The average molecular weight is 313 g/mol. The second-order valence-electron chi connectivity index (χ2n) is 5.54. The number of aromatic carboxylic acids is 1. The van der Waals surface area contributed by atoms with E-state index in [9.17, 15) is 4.79 Å². The van der Waals surface area contributed by atoms with Gasteiger partial charge >= 0.3 is 5.97 Å². The van der Waals surface area contributed by atoms with E-state index in [1.165, 1.54) is 11.1 Å². The van der Waals surface area contributed by atoms with Crippen molar-refractivity contribution in [1.29, 1.82) is 0 Å². The number of carbonyl (C=O) groups is 1. The van der Waals surface area contributed by atoms with Crippen molar-refractivity contribution in [1.82, 2.24) is 5.32 Å². The highest BCUT2D eigenvalue weighted by Gasteiger charge is 2.03. The second-order valence-corrected chi connectivity index (χ2v) is 5.54. The van der Waals surface area contributed by atoms with Gasteiger partial charge in [-0.2, -0.15) is 0 Å². The van der Waals surface area contributed by atoms with Crippen LogP contribution in [-0.2, 0) is 13.1 Å². The van der Waals surface area contributed by atoms with Crippen LogP contribution in [-0.4, -0.2) is 17.7 Å². The van der Waals surface area contributed by atoms with E-state index in [-0.39, 0.29) is 0 Å². The maximum absolute atomic E-state index is 10.8. The number of hydrogen-bond acceptors (Lipinski definition) is 3. The van der Waals surface area contributed by atoms with Crippen LogP contribution < -0.4 is 10.1 Å². The highest BCUT2D eigenvalue weighted by molar-refractivity contribution is 5.87. The molecule has 23 heavy (non-hydrogen) atoms. The molecule has 0 bridgehead atoms. The topological polar surface area (TPSA) is 58.6 Å². The standard InChI is InChI=1S/C19H23NO3/c1-3-10-23-18-9-8-17(14(2)11-18)13-20-12-15-4-6-16(7-5-15)19(21)22/h4-9,11,20H,3,10,12-13H2,1-2H3,(H,21,22). The smallest absolute Gasteiger partial charge is 0.335 e. The fraction of sp³-hybridized carbons (Fsp3) is 0.316. The Morgan fingerprint density at radius 3 is 2.48 bits per heavy atom. The molecule has 122 valence electrons. The van der Waals surface area contributed by atoms with Crippen molar-refractivity contribution >= 4 is 5.97 Å². The molecule has 0 aliphatic rings. The van der Waals surface area contributed by atoms with Gasteiger partial charge in [0.05, 0.1) is 12.2 Å². The average Bonchev–Trinajstić information content (AvgIpc) is 2.55. The Balaban J connectivity index is 1.87. The molecule has 0 fully saturated rings. The van der Waals surface area contributed by atoms with E-state index < -0.39 is 5.97 Å². The van der Waals surface area contributed by atoms with Gasteiger partial charge in [0, 0.05) is 13.1 Å². The van der Waals surface area contributed by atoms with Gasteiger partial charge in [0.1, 0.15) is 5.75 Å². The summed E-state index contributed by atoms with van der Waals surface area (Å²) in [6.07, 6.45) is 1.00. The van der Waals surface area contributed by atoms with Crippen molar-refractivity contribution in [2.75, 3.05) is 6.61 Å². The number of carboxylic acid groups (broad SMARTS) is 1. The van der Waals surface area contributed by atoms with Gasteiger partial charge in [0.15, 0.2) is 0 Å². The summed E-state index contributed by atoms with van der Waals surface area (Å²) >= 11 is 0. The van der Waals surface area contributed by atoms with Crippen LogP contribution in [0.1, 0.15) is 40.4 Å². The van der Waals surface area contributed by atoms with Crippen LogP contribution in [0.4, 0.5) is 0 Å². The van der Waals surface area contributed by atoms with Crippen LogP contribution >= 0.6 is 0 Å². The summed E-state index contributed by atoms with van der Waals surface area (Å²) in [6.45, 7) is 6.38. The molecule has 2 aromatic rings. The predicted molar refractivity (Wildman–Crippen MR) is 90.9 cm³/mol. The molecular weight excluding hydrogens is 290 g/mol. The van der Waals surface area contributed by atoms with Gasteiger partial charge in [-0.1, -0.05) is 25.1 Å². The van der Waals surface area contributed by atoms with Gasteiger partial charge in [0.2, 0.25) is 0 Å². The maximum Gasteiger partial charge on any atom is 0.335 e. The van der Waals surface area contributed by atoms with E-state index in [4.69, 9.17) is 9.84 Å². The molecule has 2 rings (SSSR count). The van der Waals surface area contributed by atoms with Crippen molar-refractivity contribution in [3.8, 4) is 5.75 Å². The molecule has 0 aromatic heterocycles. The van der Waals surface area contributed by atoms with Gasteiger partial charge in [-0.25, -0.2) is 4.79 Å². The first-order valence-corrected chi connectivity index (χ1v) is 7.85. The summed E-state index contributed by atoms with van der Waals surface area (Å²) < 4.78 is 5.63. The molecule has 0 saturated heterocycles. The monoisotopic (exact) mass is 313 g/mol. The third-order valence-corrected chi connectivity index (χ3v) is 3.63. The summed E-state index contributed by atoms with van der Waals surface area (Å²) in [5.74, 6) is 0.0166. The van der Waals surface area contributed by atoms with Crippen molar-refractivity contribution in [3.63, 3.8) is 0 Å². The normalized spacial score (nSPS) is 10.5.